The van der Waals surface area contributed by atoms with Crippen LogP contribution in [0.2, 0.25) is 0 Å². The van der Waals surface area contributed by atoms with Gasteiger partial charge in [-0.15, -0.1) is 0 Å². The smallest absolute Gasteiger partial charge is 0.00369 e. The zero-order valence-corrected chi connectivity index (χ0v) is 8.84. The monoisotopic (exact) mass is 193 g/mol. The lowest BCUT2D eigenvalue weighted by atomic mass is 10.1. The van der Waals surface area contributed by atoms with Crippen LogP contribution in [-0.4, -0.2) is 19.6 Å². The first-order valence-corrected chi connectivity index (χ1v) is 5.55. The fourth-order valence-electron chi connectivity index (χ4n) is 1.51. The molecule has 2 heteroatoms. The predicted molar refractivity (Wildman–Crippen MR) is 61.5 cm³/mol. The summed E-state index contributed by atoms with van der Waals surface area (Å²) >= 11 is 0. The first kappa shape index (κ1) is 11.3. The summed E-state index contributed by atoms with van der Waals surface area (Å²) < 4.78 is 0. The standard InChI is InChI=1S/C12H21N2/c13-9-5-11-14-10-4-3-8-12-6-1-2-7-12/h1-2,6-7,14H,3-5,8-11,13H2/q-1. The molecule has 0 amide bonds. The van der Waals surface area contributed by atoms with E-state index in [1.165, 1.54) is 24.8 Å². The van der Waals surface area contributed by atoms with Crippen LogP contribution in [0.25, 0.3) is 0 Å². The van der Waals surface area contributed by atoms with Gasteiger partial charge in [-0.3, -0.25) is 0 Å². The van der Waals surface area contributed by atoms with Gasteiger partial charge in [-0.1, -0.05) is 12.8 Å². The van der Waals surface area contributed by atoms with Gasteiger partial charge in [-0.25, -0.2) is 12.1 Å². The van der Waals surface area contributed by atoms with Crippen molar-refractivity contribution in [3.8, 4) is 0 Å². The van der Waals surface area contributed by atoms with Crippen molar-refractivity contribution in [2.75, 3.05) is 19.6 Å². The third-order valence-electron chi connectivity index (χ3n) is 2.36. The van der Waals surface area contributed by atoms with Gasteiger partial charge < -0.3 is 11.1 Å². The number of unbranched alkanes of at least 4 members (excludes halogenated alkanes) is 1. The lowest BCUT2D eigenvalue weighted by molar-refractivity contribution is 0.607. The van der Waals surface area contributed by atoms with E-state index in [1.54, 1.807) is 0 Å². The third-order valence-corrected chi connectivity index (χ3v) is 2.36. The molecule has 0 saturated carbocycles. The molecule has 80 valence electrons. The van der Waals surface area contributed by atoms with E-state index >= 15 is 0 Å². The average molecular weight is 193 g/mol. The van der Waals surface area contributed by atoms with Crippen molar-refractivity contribution < 1.29 is 0 Å². The minimum absolute atomic E-state index is 0.792. The Kier molecular flexibility index (Phi) is 6.20. The van der Waals surface area contributed by atoms with Gasteiger partial charge in [0.15, 0.2) is 0 Å². The molecule has 0 heterocycles. The summed E-state index contributed by atoms with van der Waals surface area (Å²) in [5, 5.41) is 3.39. The van der Waals surface area contributed by atoms with Crippen molar-refractivity contribution in [1.29, 1.82) is 0 Å². The van der Waals surface area contributed by atoms with Crippen molar-refractivity contribution in [3.05, 3.63) is 29.8 Å². The predicted octanol–water partition coefficient (Wildman–Crippen LogP) is 1.67. The number of nitrogens with one attached hydrogen (secondary N) is 1. The summed E-state index contributed by atoms with van der Waals surface area (Å²) in [4.78, 5) is 0. The van der Waals surface area contributed by atoms with E-state index in [2.05, 4.69) is 29.6 Å². The molecule has 0 aromatic heterocycles. The van der Waals surface area contributed by atoms with Crippen molar-refractivity contribution in [2.45, 2.75) is 25.7 Å². The molecule has 0 atom stereocenters. The molecule has 1 rings (SSSR count). The van der Waals surface area contributed by atoms with Crippen LogP contribution in [0.1, 0.15) is 24.8 Å². The first-order valence-electron chi connectivity index (χ1n) is 5.55. The highest BCUT2D eigenvalue weighted by atomic mass is 14.8. The topological polar surface area (TPSA) is 38.0 Å². The Hall–Kier alpha value is -0.730. The summed E-state index contributed by atoms with van der Waals surface area (Å²) in [6.07, 6.45) is 4.84. The summed E-state index contributed by atoms with van der Waals surface area (Å²) in [5.41, 5.74) is 6.86. The fraction of sp³-hybridized carbons (Fsp3) is 0.583. The summed E-state index contributed by atoms with van der Waals surface area (Å²) in [6.45, 7) is 2.98. The second-order valence-corrected chi connectivity index (χ2v) is 3.64. The molecular weight excluding hydrogens is 172 g/mol. The van der Waals surface area contributed by atoms with E-state index in [4.69, 9.17) is 5.73 Å². The highest BCUT2D eigenvalue weighted by Gasteiger charge is 1.88. The van der Waals surface area contributed by atoms with E-state index in [0.717, 1.165) is 26.1 Å². The summed E-state index contributed by atoms with van der Waals surface area (Å²) in [7, 11) is 0. The molecule has 1 aromatic carbocycles. The van der Waals surface area contributed by atoms with E-state index in [-0.39, 0.29) is 0 Å². The summed E-state index contributed by atoms with van der Waals surface area (Å²) in [6, 6.07) is 8.60. The van der Waals surface area contributed by atoms with E-state index < -0.39 is 0 Å². The van der Waals surface area contributed by atoms with Gasteiger partial charge in [0.05, 0.1) is 0 Å². The van der Waals surface area contributed by atoms with Crippen LogP contribution >= 0.6 is 0 Å². The van der Waals surface area contributed by atoms with Crippen molar-refractivity contribution >= 4 is 0 Å². The minimum atomic E-state index is 0.792. The van der Waals surface area contributed by atoms with Crippen LogP contribution in [0, 0.1) is 0 Å². The van der Waals surface area contributed by atoms with Crippen molar-refractivity contribution in [1.82, 2.24) is 5.32 Å². The maximum Gasteiger partial charge on any atom is -0.00369 e. The molecular formula is C12H21N2-. The Morgan fingerprint density at radius 3 is 2.43 bits per heavy atom. The maximum absolute atomic E-state index is 5.39. The van der Waals surface area contributed by atoms with E-state index in [1.807, 2.05) is 0 Å². The van der Waals surface area contributed by atoms with Crippen LogP contribution in [-0.2, 0) is 6.42 Å². The molecule has 0 radical (unpaired) electrons. The van der Waals surface area contributed by atoms with Crippen LogP contribution in [0.3, 0.4) is 0 Å². The van der Waals surface area contributed by atoms with Crippen LogP contribution in [0.4, 0.5) is 0 Å². The van der Waals surface area contributed by atoms with Crippen LogP contribution in [0.15, 0.2) is 24.3 Å². The zero-order chi connectivity index (χ0) is 10.1. The first-order chi connectivity index (χ1) is 6.93. The molecule has 14 heavy (non-hydrogen) atoms. The number of aryl methyl sites for hydroxylation is 1. The van der Waals surface area contributed by atoms with Crippen molar-refractivity contribution in [3.63, 3.8) is 0 Å². The third kappa shape index (κ3) is 5.10. The van der Waals surface area contributed by atoms with Gasteiger partial charge in [0.1, 0.15) is 0 Å². The lowest BCUT2D eigenvalue weighted by Gasteiger charge is -2.04. The molecule has 2 nitrogen and oxygen atoms in total. The van der Waals surface area contributed by atoms with E-state index in [9.17, 15) is 0 Å². The number of nitrogens with two attached hydrogens (primary N) is 1. The van der Waals surface area contributed by atoms with Crippen LogP contribution < -0.4 is 11.1 Å². The van der Waals surface area contributed by atoms with E-state index in [0.29, 0.717) is 0 Å². The largest absolute Gasteiger partial charge is 0.330 e. The molecule has 0 aliphatic heterocycles. The molecule has 0 unspecified atom stereocenters. The van der Waals surface area contributed by atoms with Gasteiger partial charge >= 0.3 is 0 Å². The Morgan fingerprint density at radius 1 is 1.00 bits per heavy atom. The fourth-order valence-corrected chi connectivity index (χ4v) is 1.51. The summed E-state index contributed by atoms with van der Waals surface area (Å²) in [5.74, 6) is 0. The minimum Gasteiger partial charge on any atom is -0.330 e. The van der Waals surface area contributed by atoms with Gasteiger partial charge in [-0.05, 0) is 32.5 Å². The quantitative estimate of drug-likeness (QED) is 0.487. The van der Waals surface area contributed by atoms with Gasteiger partial charge in [0.25, 0.3) is 0 Å². The molecule has 0 saturated heterocycles. The second kappa shape index (κ2) is 7.65. The number of hydrogen-bond donors (Lipinski definition) is 2. The number of rotatable bonds is 8. The molecule has 3 N–H and O–H groups in total. The zero-order valence-electron chi connectivity index (χ0n) is 8.84. The van der Waals surface area contributed by atoms with Crippen molar-refractivity contribution in [2.24, 2.45) is 5.73 Å². The highest BCUT2D eigenvalue weighted by Crippen LogP contribution is 2.04. The Labute approximate surface area is 86.9 Å². The van der Waals surface area contributed by atoms with Crippen LogP contribution in [0.5, 0.6) is 0 Å². The average Bonchev–Trinajstić information content (AvgIpc) is 2.69. The van der Waals surface area contributed by atoms with Gasteiger partial charge in [0, 0.05) is 0 Å². The lowest BCUT2D eigenvalue weighted by Crippen LogP contribution is -2.19. The molecule has 0 fully saturated rings. The molecule has 0 aliphatic rings. The second-order valence-electron chi connectivity index (χ2n) is 3.64. The molecule has 0 aliphatic carbocycles. The normalized spacial score (nSPS) is 10.6. The Morgan fingerprint density at radius 2 is 1.71 bits per heavy atom. The molecule has 1 aromatic rings. The Balaban J connectivity index is 1.85. The maximum atomic E-state index is 5.39. The number of hydrogen-bond acceptors (Lipinski definition) is 2. The molecule has 0 spiro atoms. The molecule has 0 bridgehead atoms. The van der Waals surface area contributed by atoms with Gasteiger partial charge in [-0.2, -0.15) is 17.7 Å². The SMILES string of the molecule is NCCCNCCCC[c-]1cccc1. The Bertz CT molecular complexity index is 204. The van der Waals surface area contributed by atoms with Gasteiger partial charge in [0.2, 0.25) is 0 Å². The highest BCUT2D eigenvalue weighted by molar-refractivity contribution is 5.15.